The van der Waals surface area contributed by atoms with Crippen LogP contribution >= 0.6 is 22.6 Å². The molecule has 1 aliphatic rings. The Morgan fingerprint density at radius 1 is 1.51 bits per heavy atom. The lowest BCUT2D eigenvalue weighted by Crippen LogP contribution is -2.23. The van der Waals surface area contributed by atoms with Crippen LogP contribution in [0.1, 0.15) is 17.5 Å². The van der Waals surface area contributed by atoms with Crippen LogP contribution in [-0.2, 0) is 13.0 Å². The number of nitrogens with zero attached hydrogens (tertiary/aromatic N) is 4. The Morgan fingerprint density at radius 2 is 2.30 bits per heavy atom. The summed E-state index contributed by atoms with van der Waals surface area (Å²) < 4.78 is 21.8. The molecule has 0 saturated carbocycles. The SMILES string of the molecule is COc1cc(F)c([N+](=O)[O-])cc1N/C(I)=N/C(=C(\C=N)N(C)CCO)c1cn2c3c(cc#cc13)CCC2. The molecule has 0 radical (unpaired) electrons. The number of aliphatic imine (C=N–C) groups is 1. The number of nitro groups is 1. The lowest BCUT2D eigenvalue weighted by atomic mass is 10.0. The molecule has 0 fully saturated rings. The van der Waals surface area contributed by atoms with Crippen LogP contribution in [0.2, 0.25) is 0 Å². The van der Waals surface area contributed by atoms with Gasteiger partial charge in [0.2, 0.25) is 5.82 Å². The number of halogens is 2. The van der Waals surface area contributed by atoms with Crippen molar-refractivity contribution in [1.29, 1.82) is 5.41 Å². The van der Waals surface area contributed by atoms with E-state index in [0.717, 1.165) is 59.8 Å². The summed E-state index contributed by atoms with van der Waals surface area (Å²) in [4.78, 5) is 16.9. The largest absolute Gasteiger partial charge is 0.494 e. The fourth-order valence-electron chi connectivity index (χ4n) is 4.35. The van der Waals surface area contributed by atoms with E-state index in [1.807, 2.05) is 34.9 Å². The first kappa shape index (κ1) is 26.4. The van der Waals surface area contributed by atoms with Crippen LogP contribution in [-0.4, -0.2) is 56.9 Å². The average molecular weight is 618 g/mol. The van der Waals surface area contributed by atoms with Gasteiger partial charge in [-0.15, -0.1) is 0 Å². The van der Waals surface area contributed by atoms with E-state index in [0.29, 0.717) is 15.2 Å². The van der Waals surface area contributed by atoms with Crippen molar-refractivity contribution in [3.8, 4) is 5.75 Å². The summed E-state index contributed by atoms with van der Waals surface area (Å²) in [6, 6.07) is 10.2. The minimum atomic E-state index is -1.02. The van der Waals surface area contributed by atoms with Gasteiger partial charge in [-0.05, 0) is 47.1 Å². The standard InChI is InChI=1S/C25H24FIN6O4/c1-31(9-10-34)21(13-28)23(17-14-32-8-4-6-15-5-3-7-16(17)24(15)32)30-25(27)29-19-12-20(33(35)36)18(26)11-22(19)37-2/h5,11-14,28,34H,4,6,8-10H2,1-2H3,(H,29,30)/b23-21+,28-13?. The van der Waals surface area contributed by atoms with Gasteiger partial charge < -0.3 is 30.0 Å². The summed E-state index contributed by atoms with van der Waals surface area (Å²) in [5.41, 5.74) is 3.26. The normalized spacial score (nSPS) is 13.6. The zero-order valence-corrected chi connectivity index (χ0v) is 22.3. The third-order valence-corrected chi connectivity index (χ3v) is 6.58. The first-order valence-electron chi connectivity index (χ1n) is 11.3. The highest BCUT2D eigenvalue weighted by Gasteiger charge is 2.23. The number of aryl methyl sites for hydroxylation is 2. The monoisotopic (exact) mass is 618 g/mol. The maximum atomic E-state index is 14.1. The Labute approximate surface area is 226 Å². The molecule has 0 amide bonds. The van der Waals surface area contributed by atoms with E-state index in [2.05, 4.69) is 22.0 Å². The van der Waals surface area contributed by atoms with Crippen LogP contribution in [0.15, 0.2) is 35.1 Å². The van der Waals surface area contributed by atoms with Crippen molar-refractivity contribution >= 4 is 60.6 Å². The Bertz CT molecular complexity index is 1430. The number of aliphatic hydroxyl groups excluding tert-OH is 1. The fraction of sp³-hybridized carbons (Fsp3) is 0.280. The van der Waals surface area contributed by atoms with Crippen molar-refractivity contribution in [2.75, 3.05) is 32.6 Å². The Kier molecular flexibility index (Phi) is 7.94. The molecule has 192 valence electrons. The predicted molar refractivity (Wildman–Crippen MR) is 148 cm³/mol. The van der Waals surface area contributed by atoms with E-state index in [9.17, 15) is 19.6 Å². The molecular formula is C25H24FIN6O4. The van der Waals surface area contributed by atoms with Gasteiger partial charge in [0.1, 0.15) is 11.4 Å². The molecule has 1 aliphatic heterocycles. The van der Waals surface area contributed by atoms with E-state index in [1.165, 1.54) is 7.11 Å². The van der Waals surface area contributed by atoms with E-state index >= 15 is 0 Å². The van der Waals surface area contributed by atoms with Gasteiger partial charge in [0, 0.05) is 50.2 Å². The number of ether oxygens (including phenoxy) is 1. The molecule has 12 heteroatoms. The second kappa shape index (κ2) is 11.1. The Balaban J connectivity index is 1.88. The van der Waals surface area contributed by atoms with Gasteiger partial charge in [-0.2, -0.15) is 4.39 Å². The molecule has 4 rings (SSSR count). The zero-order chi connectivity index (χ0) is 26.7. The number of methoxy groups -OCH3 is 1. The van der Waals surface area contributed by atoms with Crippen molar-refractivity contribution in [1.82, 2.24) is 9.47 Å². The molecule has 2 heterocycles. The Morgan fingerprint density at radius 3 is 2.97 bits per heavy atom. The summed E-state index contributed by atoms with van der Waals surface area (Å²) in [7, 11) is 3.08. The highest BCUT2D eigenvalue weighted by atomic mass is 127. The maximum absolute atomic E-state index is 14.1. The summed E-state index contributed by atoms with van der Waals surface area (Å²) in [6.45, 7) is 0.977. The van der Waals surface area contributed by atoms with Gasteiger partial charge in [-0.1, -0.05) is 12.1 Å². The van der Waals surface area contributed by atoms with Crippen molar-refractivity contribution < 1.29 is 19.2 Å². The molecule has 3 aromatic rings. The van der Waals surface area contributed by atoms with Gasteiger partial charge in [-0.25, -0.2) is 4.99 Å². The number of anilines is 1. The number of nitro benzene ring substituents is 1. The van der Waals surface area contributed by atoms with E-state index in [-0.39, 0.29) is 24.6 Å². The quantitative estimate of drug-likeness (QED) is 0.0816. The first-order chi connectivity index (χ1) is 17.8. The van der Waals surface area contributed by atoms with Crippen LogP contribution < -0.4 is 10.1 Å². The average Bonchev–Trinajstić information content (AvgIpc) is 3.25. The molecule has 0 atom stereocenters. The van der Waals surface area contributed by atoms with Gasteiger partial charge in [0.25, 0.3) is 0 Å². The predicted octanol–water partition coefficient (Wildman–Crippen LogP) is 4.39. The third-order valence-electron chi connectivity index (χ3n) is 6.07. The minimum absolute atomic E-state index is 0.0674. The van der Waals surface area contributed by atoms with Crippen LogP contribution in [0.25, 0.3) is 16.6 Å². The molecule has 0 saturated heterocycles. The topological polar surface area (TPSA) is 129 Å². The second-order valence-corrected chi connectivity index (χ2v) is 9.34. The molecule has 10 nitrogen and oxygen atoms in total. The van der Waals surface area contributed by atoms with Gasteiger partial charge >= 0.3 is 5.69 Å². The van der Waals surface area contributed by atoms with Gasteiger partial charge in [-0.3, -0.25) is 10.1 Å². The molecule has 1 aromatic heterocycles. The number of aliphatic hydroxyl groups is 1. The maximum Gasteiger partial charge on any atom is 0.307 e. The van der Waals surface area contributed by atoms with Crippen molar-refractivity contribution in [3.63, 3.8) is 0 Å². The van der Waals surface area contributed by atoms with E-state index in [4.69, 9.17) is 15.1 Å². The number of likely N-dealkylation sites (N-methyl/N-ethyl adjacent to an activating group) is 1. The lowest BCUT2D eigenvalue weighted by molar-refractivity contribution is -0.387. The number of amidine groups is 1. The number of hydrogen-bond donors (Lipinski definition) is 3. The van der Waals surface area contributed by atoms with Crippen molar-refractivity contribution in [2.24, 2.45) is 4.99 Å². The molecule has 2 aromatic carbocycles. The van der Waals surface area contributed by atoms with E-state index in [1.54, 1.807) is 11.9 Å². The number of allylic oxidation sites excluding steroid dienone is 1. The van der Waals surface area contributed by atoms with Crippen molar-refractivity contribution in [2.45, 2.75) is 19.4 Å². The minimum Gasteiger partial charge on any atom is -0.494 e. The third kappa shape index (κ3) is 5.23. The van der Waals surface area contributed by atoms with Crippen LogP contribution in [0.4, 0.5) is 15.8 Å². The Hall–Kier alpha value is -3.70. The van der Waals surface area contributed by atoms with E-state index < -0.39 is 16.4 Å². The second-order valence-electron chi connectivity index (χ2n) is 8.31. The smallest absolute Gasteiger partial charge is 0.307 e. The van der Waals surface area contributed by atoms with Crippen LogP contribution in [0, 0.1) is 33.5 Å². The summed E-state index contributed by atoms with van der Waals surface area (Å²) in [5, 5.41) is 32.7. The number of aromatic nitrogens is 1. The van der Waals surface area contributed by atoms with Crippen molar-refractivity contribution in [3.05, 3.63) is 69.3 Å². The number of hydrogen-bond acceptors (Lipinski definition) is 7. The first-order valence-corrected chi connectivity index (χ1v) is 12.4. The highest BCUT2D eigenvalue weighted by Crippen LogP contribution is 2.35. The number of nitrogens with one attached hydrogen (secondary N) is 2. The summed E-state index contributed by atoms with van der Waals surface area (Å²) in [6.07, 6.45) is 5.05. The number of rotatable bonds is 9. The molecular weight excluding hydrogens is 594 g/mol. The van der Waals surface area contributed by atoms with Crippen LogP contribution in [0.5, 0.6) is 5.75 Å². The van der Waals surface area contributed by atoms with Crippen LogP contribution in [0.3, 0.4) is 0 Å². The fourth-order valence-corrected chi connectivity index (χ4v) is 4.88. The molecule has 37 heavy (non-hydrogen) atoms. The summed E-state index contributed by atoms with van der Waals surface area (Å²) >= 11 is 1.93. The number of benzene rings is 1. The molecule has 0 unspecified atom stereocenters. The van der Waals surface area contributed by atoms with Gasteiger partial charge in [0.15, 0.2) is 3.84 Å². The molecule has 0 spiro atoms. The lowest BCUT2D eigenvalue weighted by Gasteiger charge is -2.21. The highest BCUT2D eigenvalue weighted by molar-refractivity contribution is 14.1. The molecule has 3 N–H and O–H groups in total. The summed E-state index contributed by atoms with van der Waals surface area (Å²) in [5.74, 6) is -0.949. The molecule has 0 bridgehead atoms. The zero-order valence-electron chi connectivity index (χ0n) is 20.1. The molecule has 0 aliphatic carbocycles. The van der Waals surface area contributed by atoms with Gasteiger partial charge in [0.05, 0.1) is 40.9 Å².